The quantitative estimate of drug-likeness (QED) is 0.555. The number of fused-ring (bicyclic) bond motifs is 1. The van der Waals surface area contributed by atoms with Gasteiger partial charge in [0.25, 0.3) is 0 Å². The molecule has 0 saturated heterocycles. The van der Waals surface area contributed by atoms with Gasteiger partial charge < -0.3 is 4.74 Å². The van der Waals surface area contributed by atoms with Crippen LogP contribution in [0.2, 0.25) is 0 Å². The van der Waals surface area contributed by atoms with Crippen molar-refractivity contribution in [2.24, 2.45) is 0 Å². The summed E-state index contributed by atoms with van der Waals surface area (Å²) >= 11 is 0. The molecule has 3 nitrogen and oxygen atoms in total. The summed E-state index contributed by atoms with van der Waals surface area (Å²) in [6, 6.07) is 1.77. The first-order valence-electron chi connectivity index (χ1n) is 3.47. The molecule has 1 aromatic heterocycles. The zero-order chi connectivity index (χ0) is 7.68. The molecule has 1 aromatic rings. The Balaban J connectivity index is 2.48. The lowest BCUT2D eigenvalue weighted by molar-refractivity contribution is 0.111. The second-order valence-electron chi connectivity index (χ2n) is 2.43. The Hall–Kier alpha value is -1.38. The van der Waals surface area contributed by atoms with Gasteiger partial charge >= 0.3 is 0 Å². The van der Waals surface area contributed by atoms with E-state index in [-0.39, 0.29) is 0 Å². The van der Waals surface area contributed by atoms with E-state index < -0.39 is 0 Å². The van der Waals surface area contributed by atoms with Crippen molar-refractivity contribution in [1.29, 1.82) is 0 Å². The fourth-order valence-corrected chi connectivity index (χ4v) is 1.16. The van der Waals surface area contributed by atoms with Crippen LogP contribution >= 0.6 is 0 Å². The fraction of sp³-hybridized carbons (Fsp3) is 0.250. The van der Waals surface area contributed by atoms with Crippen LogP contribution in [0.5, 0.6) is 5.75 Å². The number of aromatic nitrogens is 1. The van der Waals surface area contributed by atoms with Crippen LogP contribution in [-0.4, -0.2) is 17.9 Å². The molecule has 1 aliphatic heterocycles. The van der Waals surface area contributed by atoms with E-state index in [1.807, 2.05) is 0 Å². The smallest absolute Gasteiger partial charge is 0.168 e. The first-order valence-corrected chi connectivity index (χ1v) is 3.47. The third-order valence-corrected chi connectivity index (χ3v) is 1.72. The standard InChI is InChI=1S/C8H7NO2/c10-5-7-3-6-1-2-11-8(6)4-9-7/h3-5H,1-2H2. The third kappa shape index (κ3) is 0.981. The normalized spacial score (nSPS) is 13.8. The van der Waals surface area contributed by atoms with Gasteiger partial charge in [0.1, 0.15) is 11.4 Å². The topological polar surface area (TPSA) is 39.2 Å². The molecule has 11 heavy (non-hydrogen) atoms. The van der Waals surface area contributed by atoms with Gasteiger partial charge in [0, 0.05) is 12.0 Å². The summed E-state index contributed by atoms with van der Waals surface area (Å²) < 4.78 is 5.22. The number of pyridine rings is 1. The molecule has 2 heterocycles. The maximum Gasteiger partial charge on any atom is 0.168 e. The van der Waals surface area contributed by atoms with Gasteiger partial charge in [-0.25, -0.2) is 4.98 Å². The molecule has 0 spiro atoms. The molecule has 2 rings (SSSR count). The maximum atomic E-state index is 10.3. The molecule has 0 N–H and O–H groups in total. The summed E-state index contributed by atoms with van der Waals surface area (Å²) in [7, 11) is 0. The fourth-order valence-electron chi connectivity index (χ4n) is 1.16. The van der Waals surface area contributed by atoms with Crippen LogP contribution in [0.1, 0.15) is 16.1 Å². The number of ether oxygens (including phenoxy) is 1. The molecule has 56 valence electrons. The van der Waals surface area contributed by atoms with E-state index in [1.165, 1.54) is 0 Å². The molecule has 0 fully saturated rings. The number of rotatable bonds is 1. The molecule has 1 aliphatic rings. The summed E-state index contributed by atoms with van der Waals surface area (Å²) in [5, 5.41) is 0. The average Bonchev–Trinajstić information content (AvgIpc) is 2.50. The Morgan fingerprint density at radius 2 is 2.55 bits per heavy atom. The van der Waals surface area contributed by atoms with Crippen molar-refractivity contribution in [3.63, 3.8) is 0 Å². The Bertz CT molecular complexity index is 296. The zero-order valence-electron chi connectivity index (χ0n) is 5.91. The van der Waals surface area contributed by atoms with Gasteiger partial charge in [0.05, 0.1) is 12.8 Å². The van der Waals surface area contributed by atoms with Crippen molar-refractivity contribution >= 4 is 6.29 Å². The summed E-state index contributed by atoms with van der Waals surface area (Å²) in [4.78, 5) is 14.2. The van der Waals surface area contributed by atoms with Crippen molar-refractivity contribution in [2.75, 3.05) is 6.61 Å². The van der Waals surface area contributed by atoms with Crippen LogP contribution in [0.15, 0.2) is 12.3 Å². The first-order chi connectivity index (χ1) is 5.40. The Labute approximate surface area is 64.0 Å². The molecule has 0 aliphatic carbocycles. The van der Waals surface area contributed by atoms with Gasteiger partial charge in [0.2, 0.25) is 0 Å². The van der Waals surface area contributed by atoms with Gasteiger partial charge in [0.15, 0.2) is 6.29 Å². The van der Waals surface area contributed by atoms with Crippen LogP contribution < -0.4 is 4.74 Å². The molecular formula is C8H7NO2. The van der Waals surface area contributed by atoms with Gasteiger partial charge in [-0.3, -0.25) is 4.79 Å². The summed E-state index contributed by atoms with van der Waals surface area (Å²) in [6.45, 7) is 0.708. The SMILES string of the molecule is O=Cc1cc2c(cn1)OCC2. The summed E-state index contributed by atoms with van der Waals surface area (Å²) in [5.74, 6) is 0.815. The molecule has 0 aromatic carbocycles. The molecule has 0 atom stereocenters. The molecular weight excluding hydrogens is 142 g/mol. The van der Waals surface area contributed by atoms with Crippen LogP contribution in [0.3, 0.4) is 0 Å². The second-order valence-corrected chi connectivity index (χ2v) is 2.43. The number of hydrogen-bond acceptors (Lipinski definition) is 3. The van der Waals surface area contributed by atoms with Crippen LogP contribution in [-0.2, 0) is 6.42 Å². The lowest BCUT2D eigenvalue weighted by atomic mass is 10.2. The summed E-state index contributed by atoms with van der Waals surface area (Å²) in [6.07, 6.45) is 3.24. The van der Waals surface area contributed by atoms with E-state index in [4.69, 9.17) is 4.74 Å². The highest BCUT2D eigenvalue weighted by Gasteiger charge is 2.12. The molecule has 0 unspecified atom stereocenters. The molecule has 3 heteroatoms. The monoisotopic (exact) mass is 149 g/mol. The lowest BCUT2D eigenvalue weighted by Gasteiger charge is -1.96. The lowest BCUT2D eigenvalue weighted by Crippen LogP contribution is -1.87. The van der Waals surface area contributed by atoms with Crippen molar-refractivity contribution in [2.45, 2.75) is 6.42 Å². The van der Waals surface area contributed by atoms with E-state index in [0.717, 1.165) is 24.0 Å². The Morgan fingerprint density at radius 3 is 3.36 bits per heavy atom. The average molecular weight is 149 g/mol. The van der Waals surface area contributed by atoms with E-state index in [1.54, 1.807) is 12.3 Å². The van der Waals surface area contributed by atoms with Gasteiger partial charge in [-0.2, -0.15) is 0 Å². The van der Waals surface area contributed by atoms with Gasteiger partial charge in [-0.15, -0.1) is 0 Å². The van der Waals surface area contributed by atoms with Crippen molar-refractivity contribution in [1.82, 2.24) is 4.98 Å². The van der Waals surface area contributed by atoms with E-state index >= 15 is 0 Å². The van der Waals surface area contributed by atoms with E-state index in [0.29, 0.717) is 12.3 Å². The minimum absolute atomic E-state index is 0.481. The van der Waals surface area contributed by atoms with Gasteiger partial charge in [-0.1, -0.05) is 0 Å². The van der Waals surface area contributed by atoms with Crippen LogP contribution in [0.25, 0.3) is 0 Å². The molecule has 0 radical (unpaired) electrons. The first kappa shape index (κ1) is 6.34. The van der Waals surface area contributed by atoms with Crippen LogP contribution in [0, 0.1) is 0 Å². The Morgan fingerprint density at radius 1 is 1.64 bits per heavy atom. The maximum absolute atomic E-state index is 10.3. The highest BCUT2D eigenvalue weighted by molar-refractivity contribution is 5.72. The molecule has 0 amide bonds. The van der Waals surface area contributed by atoms with E-state index in [9.17, 15) is 4.79 Å². The largest absolute Gasteiger partial charge is 0.491 e. The van der Waals surface area contributed by atoms with Crippen molar-refractivity contribution in [3.8, 4) is 5.75 Å². The number of aldehydes is 1. The number of carbonyl (C=O) groups excluding carboxylic acids is 1. The van der Waals surface area contributed by atoms with Gasteiger partial charge in [-0.05, 0) is 6.07 Å². The number of carbonyl (C=O) groups is 1. The Kier molecular flexibility index (Phi) is 1.35. The zero-order valence-corrected chi connectivity index (χ0v) is 5.91. The number of hydrogen-bond donors (Lipinski definition) is 0. The minimum atomic E-state index is 0.481. The highest BCUT2D eigenvalue weighted by Crippen LogP contribution is 2.23. The predicted molar refractivity (Wildman–Crippen MR) is 38.8 cm³/mol. The predicted octanol–water partition coefficient (Wildman–Crippen LogP) is 0.829. The van der Waals surface area contributed by atoms with E-state index in [2.05, 4.69) is 4.98 Å². The minimum Gasteiger partial charge on any atom is -0.491 e. The van der Waals surface area contributed by atoms with Crippen LogP contribution in [0.4, 0.5) is 0 Å². The van der Waals surface area contributed by atoms with Crippen molar-refractivity contribution < 1.29 is 9.53 Å². The highest BCUT2D eigenvalue weighted by atomic mass is 16.5. The second kappa shape index (κ2) is 2.34. The third-order valence-electron chi connectivity index (χ3n) is 1.72. The molecule has 0 bridgehead atoms. The molecule has 0 saturated carbocycles. The van der Waals surface area contributed by atoms with Crippen molar-refractivity contribution in [3.05, 3.63) is 23.5 Å². The number of nitrogens with zero attached hydrogens (tertiary/aromatic N) is 1. The summed E-state index contributed by atoms with van der Waals surface area (Å²) in [5.41, 5.74) is 1.57.